The van der Waals surface area contributed by atoms with E-state index in [2.05, 4.69) is 0 Å². The Kier molecular flexibility index (Phi) is 3.50. The summed E-state index contributed by atoms with van der Waals surface area (Å²) >= 11 is 0. The van der Waals surface area contributed by atoms with Crippen LogP contribution in [0.5, 0.6) is 5.75 Å². The highest BCUT2D eigenvalue weighted by molar-refractivity contribution is 6.62. The molecule has 5 nitrogen and oxygen atoms in total. The van der Waals surface area contributed by atoms with E-state index in [1.165, 1.54) is 0 Å². The smallest absolute Gasteiger partial charge is 0.495 e. The number of hydrogen-bond acceptors (Lipinski definition) is 4. The minimum absolute atomic E-state index is 0.0521. The molecule has 6 rings (SSSR count). The van der Waals surface area contributed by atoms with Crippen LogP contribution in [0.15, 0.2) is 23.1 Å². The van der Waals surface area contributed by atoms with Gasteiger partial charge in [0.2, 0.25) is 0 Å². The molecule has 0 amide bonds. The third-order valence-electron chi connectivity index (χ3n) is 7.36. The van der Waals surface area contributed by atoms with Gasteiger partial charge in [-0.25, -0.2) is 4.39 Å². The van der Waals surface area contributed by atoms with Crippen molar-refractivity contribution in [3.8, 4) is 5.75 Å². The maximum Gasteiger partial charge on any atom is 0.497 e. The topological polar surface area (TPSA) is 49.7 Å². The monoisotopic (exact) mass is 385 g/mol. The van der Waals surface area contributed by atoms with E-state index in [1.54, 1.807) is 30.0 Å². The van der Waals surface area contributed by atoms with Gasteiger partial charge in [0, 0.05) is 16.4 Å². The Morgan fingerprint density at radius 3 is 2.25 bits per heavy atom. The molecule has 2 heterocycles. The third kappa shape index (κ3) is 2.17. The lowest BCUT2D eigenvalue weighted by atomic mass is 9.49. The van der Waals surface area contributed by atoms with E-state index in [1.807, 2.05) is 27.7 Å². The fourth-order valence-corrected chi connectivity index (χ4v) is 4.77. The molecular weight excluding hydrogens is 360 g/mol. The Bertz CT molecular complexity index is 1030. The second kappa shape index (κ2) is 5.39. The highest BCUT2D eigenvalue weighted by atomic mass is 19.1. The molecule has 0 radical (unpaired) electrons. The molecule has 0 atom stereocenters. The Morgan fingerprint density at radius 1 is 1.14 bits per heavy atom. The van der Waals surface area contributed by atoms with Gasteiger partial charge in [-0.2, -0.15) is 0 Å². The molecule has 1 saturated heterocycles. The summed E-state index contributed by atoms with van der Waals surface area (Å²) < 4.78 is 34.9. The Balaban J connectivity index is 1.69. The van der Waals surface area contributed by atoms with Crippen LogP contribution in [-0.2, 0) is 14.8 Å². The maximum atomic E-state index is 15.7. The van der Waals surface area contributed by atoms with Crippen molar-refractivity contribution >= 4 is 23.4 Å². The maximum absolute atomic E-state index is 15.7. The standard InChI is InChI=1S/C21H25BFNO4/c1-19(2)20(3,4)28-22(27-19)14-7-6-13-15(26-5)11-24(18(25)16(13)17(14)23)21-8-12(9-21)10-21/h6-7,11-12H,8-10H2,1-5H3. The van der Waals surface area contributed by atoms with Gasteiger partial charge in [0.05, 0.1) is 29.9 Å². The SMILES string of the molecule is COc1cn(C23CC(C2)C3)c(=O)c2c(F)c(B3OC(C)(C)C(C)(C)O3)ccc12. The summed E-state index contributed by atoms with van der Waals surface area (Å²) in [5, 5.41) is 0.532. The van der Waals surface area contributed by atoms with Gasteiger partial charge in [-0.3, -0.25) is 4.79 Å². The Morgan fingerprint density at radius 2 is 1.75 bits per heavy atom. The van der Waals surface area contributed by atoms with Crippen LogP contribution in [0.3, 0.4) is 0 Å². The van der Waals surface area contributed by atoms with Crippen molar-refractivity contribution in [1.82, 2.24) is 4.57 Å². The molecule has 0 unspecified atom stereocenters. The number of benzene rings is 1. The van der Waals surface area contributed by atoms with Crippen LogP contribution in [0.2, 0.25) is 0 Å². The molecule has 7 heteroatoms. The van der Waals surface area contributed by atoms with E-state index in [0.717, 1.165) is 19.3 Å². The van der Waals surface area contributed by atoms with Crippen LogP contribution in [0.4, 0.5) is 4.39 Å². The van der Waals surface area contributed by atoms with Crippen LogP contribution in [0.1, 0.15) is 47.0 Å². The van der Waals surface area contributed by atoms with E-state index in [4.69, 9.17) is 14.0 Å². The van der Waals surface area contributed by atoms with Crippen molar-refractivity contribution in [2.75, 3.05) is 7.11 Å². The van der Waals surface area contributed by atoms with Crippen LogP contribution in [-0.4, -0.2) is 30.0 Å². The average molecular weight is 385 g/mol. The minimum atomic E-state index is -0.858. The summed E-state index contributed by atoms with van der Waals surface area (Å²) in [4.78, 5) is 13.3. The van der Waals surface area contributed by atoms with Crippen molar-refractivity contribution in [3.05, 3.63) is 34.5 Å². The van der Waals surface area contributed by atoms with Crippen molar-refractivity contribution in [2.45, 2.75) is 63.7 Å². The van der Waals surface area contributed by atoms with Crippen LogP contribution >= 0.6 is 0 Å². The predicted octanol–water partition coefficient (Wildman–Crippen LogP) is 2.96. The predicted molar refractivity (Wildman–Crippen MR) is 106 cm³/mol. The van der Waals surface area contributed by atoms with Gasteiger partial charge in [-0.05, 0) is 52.9 Å². The quantitative estimate of drug-likeness (QED) is 0.763. The van der Waals surface area contributed by atoms with Gasteiger partial charge in [0.15, 0.2) is 0 Å². The first kappa shape index (κ1) is 18.2. The van der Waals surface area contributed by atoms with Gasteiger partial charge < -0.3 is 18.6 Å². The minimum Gasteiger partial charge on any atom is -0.495 e. The fourth-order valence-electron chi connectivity index (χ4n) is 4.77. The summed E-state index contributed by atoms with van der Waals surface area (Å²) in [6, 6.07) is 3.36. The van der Waals surface area contributed by atoms with Crippen LogP contribution < -0.4 is 15.8 Å². The first-order chi connectivity index (χ1) is 13.1. The zero-order valence-electron chi connectivity index (χ0n) is 17.0. The number of methoxy groups -OCH3 is 1. The molecule has 1 aromatic carbocycles. The lowest BCUT2D eigenvalue weighted by Gasteiger charge is -2.62. The highest BCUT2D eigenvalue weighted by Gasteiger charge is 2.58. The van der Waals surface area contributed by atoms with Gasteiger partial charge in [-0.15, -0.1) is 0 Å². The number of rotatable bonds is 3. The summed E-state index contributed by atoms with van der Waals surface area (Å²) in [5.74, 6) is 0.633. The summed E-state index contributed by atoms with van der Waals surface area (Å²) in [5.41, 5.74) is -1.37. The van der Waals surface area contributed by atoms with E-state index < -0.39 is 24.1 Å². The second-order valence-electron chi connectivity index (χ2n) is 9.55. The summed E-state index contributed by atoms with van der Waals surface area (Å²) in [6.45, 7) is 7.69. The van der Waals surface area contributed by atoms with Crippen molar-refractivity contribution in [2.24, 2.45) is 5.92 Å². The van der Waals surface area contributed by atoms with E-state index >= 15 is 4.39 Å². The molecule has 2 bridgehead atoms. The first-order valence-electron chi connectivity index (χ1n) is 9.86. The summed E-state index contributed by atoms with van der Waals surface area (Å²) in [7, 11) is 0.689. The van der Waals surface area contributed by atoms with Gasteiger partial charge in [0.1, 0.15) is 11.6 Å². The fraction of sp³-hybridized carbons (Fsp3) is 0.571. The highest BCUT2D eigenvalue weighted by Crippen LogP contribution is 2.62. The Labute approximate surface area is 163 Å². The van der Waals surface area contributed by atoms with Gasteiger partial charge in [-0.1, -0.05) is 12.1 Å². The zero-order valence-corrected chi connectivity index (χ0v) is 17.0. The largest absolute Gasteiger partial charge is 0.497 e. The van der Waals surface area contributed by atoms with Crippen LogP contribution in [0, 0.1) is 11.7 Å². The molecule has 148 valence electrons. The number of pyridine rings is 1. The lowest BCUT2D eigenvalue weighted by molar-refractivity contribution is -0.0913. The molecule has 4 fully saturated rings. The van der Waals surface area contributed by atoms with Crippen LogP contribution in [0.25, 0.3) is 10.8 Å². The average Bonchev–Trinajstić information content (AvgIpc) is 2.74. The summed E-state index contributed by atoms with van der Waals surface area (Å²) in [6.07, 6.45) is 4.70. The van der Waals surface area contributed by atoms with Crippen molar-refractivity contribution in [3.63, 3.8) is 0 Å². The molecule has 3 aliphatic carbocycles. The molecular formula is C21H25BFNO4. The third-order valence-corrected chi connectivity index (χ3v) is 7.36. The molecule has 1 aliphatic heterocycles. The number of hydrogen-bond donors (Lipinski definition) is 0. The number of nitrogens with zero attached hydrogens (tertiary/aromatic N) is 1. The number of aromatic nitrogens is 1. The Hall–Kier alpha value is -1.86. The second-order valence-corrected chi connectivity index (χ2v) is 9.55. The number of halogens is 1. The molecule has 3 saturated carbocycles. The van der Waals surface area contributed by atoms with Crippen molar-refractivity contribution < 1.29 is 18.4 Å². The first-order valence-corrected chi connectivity index (χ1v) is 9.86. The number of fused-ring (bicyclic) bond motifs is 1. The molecule has 0 spiro atoms. The van der Waals surface area contributed by atoms with E-state index in [0.29, 0.717) is 17.1 Å². The molecule has 2 aromatic rings. The van der Waals surface area contributed by atoms with E-state index in [9.17, 15) is 4.79 Å². The normalized spacial score (nSPS) is 29.5. The van der Waals surface area contributed by atoms with Crippen molar-refractivity contribution in [1.29, 1.82) is 0 Å². The lowest BCUT2D eigenvalue weighted by Crippen LogP contribution is -2.62. The molecule has 1 aromatic heterocycles. The molecule has 0 N–H and O–H groups in total. The molecule has 28 heavy (non-hydrogen) atoms. The van der Waals surface area contributed by atoms with Gasteiger partial charge in [0.25, 0.3) is 5.56 Å². The van der Waals surface area contributed by atoms with E-state index in [-0.39, 0.29) is 21.9 Å². The zero-order chi connectivity index (χ0) is 20.1. The molecule has 4 aliphatic rings. The number of ether oxygens (including phenoxy) is 1. The van der Waals surface area contributed by atoms with Gasteiger partial charge >= 0.3 is 7.12 Å².